The van der Waals surface area contributed by atoms with E-state index in [1.54, 1.807) is 20.8 Å². The lowest BCUT2D eigenvalue weighted by molar-refractivity contribution is 0.149. The lowest BCUT2D eigenvalue weighted by Crippen LogP contribution is -2.72. The van der Waals surface area contributed by atoms with E-state index < -0.39 is 19.1 Å². The van der Waals surface area contributed by atoms with Crippen LogP contribution in [0.5, 0.6) is 0 Å². The summed E-state index contributed by atoms with van der Waals surface area (Å²) in [5.74, 6) is 0. The van der Waals surface area contributed by atoms with Crippen molar-refractivity contribution >= 4 is 41.2 Å². The molecule has 0 N–H and O–H groups in total. The van der Waals surface area contributed by atoms with Crippen LogP contribution in [0.4, 0.5) is 9.59 Å². The second-order valence-electron chi connectivity index (χ2n) is 3.31. The monoisotopic (exact) mass is 283 g/mol. The first-order valence-electron chi connectivity index (χ1n) is 5.20. The van der Waals surface area contributed by atoms with E-state index in [9.17, 15) is 9.59 Å². The van der Waals surface area contributed by atoms with Gasteiger partial charge >= 0.3 is 19.1 Å². The van der Waals surface area contributed by atoms with E-state index in [0.29, 0.717) is 19.6 Å². The normalized spacial score (nSPS) is 20.7. The second-order valence-corrected chi connectivity index (χ2v) is 9.15. The maximum absolute atomic E-state index is 11.9. The first-order valence-corrected chi connectivity index (χ1v) is 9.12. The molecule has 92 valence electrons. The van der Waals surface area contributed by atoms with Gasteiger partial charge in [0, 0.05) is 19.6 Å². The zero-order valence-corrected chi connectivity index (χ0v) is 12.0. The van der Waals surface area contributed by atoms with Gasteiger partial charge in [-0.15, -0.1) is 0 Å². The summed E-state index contributed by atoms with van der Waals surface area (Å²) < 4.78 is 2.79. The Morgan fingerprint density at radius 1 is 0.938 bits per heavy atom. The van der Waals surface area contributed by atoms with Gasteiger partial charge in [-0.2, -0.15) is 0 Å². The Morgan fingerprint density at radius 3 is 1.56 bits per heavy atom. The van der Waals surface area contributed by atoms with Gasteiger partial charge in [-0.1, -0.05) is 22.2 Å². The Labute approximate surface area is 105 Å². The van der Waals surface area contributed by atoms with Crippen molar-refractivity contribution in [3.05, 3.63) is 0 Å². The summed E-state index contributed by atoms with van der Waals surface area (Å²) >= 11 is 12.4. The average molecular weight is 284 g/mol. The summed E-state index contributed by atoms with van der Waals surface area (Å²) in [6.45, 7) is 6.46. The van der Waals surface area contributed by atoms with Crippen molar-refractivity contribution in [3.8, 4) is 0 Å². The van der Waals surface area contributed by atoms with Gasteiger partial charge < -0.3 is 9.13 Å². The van der Waals surface area contributed by atoms with Crippen LogP contribution < -0.4 is 0 Å². The highest BCUT2D eigenvalue weighted by Gasteiger charge is 2.55. The molecule has 0 saturated carbocycles. The number of halogens is 2. The first-order chi connectivity index (χ1) is 7.41. The number of urea groups is 2. The molecule has 1 fully saturated rings. The minimum atomic E-state index is -3.16. The molecule has 1 heterocycles. The first kappa shape index (κ1) is 13.6. The fraction of sp³-hybridized carbons (Fsp3) is 0.750. The summed E-state index contributed by atoms with van der Waals surface area (Å²) in [6.07, 6.45) is 0. The van der Waals surface area contributed by atoms with Crippen LogP contribution in [0, 0.1) is 0 Å². The summed E-state index contributed by atoms with van der Waals surface area (Å²) in [4.78, 5) is 25.0. The zero-order valence-electron chi connectivity index (χ0n) is 9.54. The Hall–Kier alpha value is -0.463. The third kappa shape index (κ3) is 1.89. The number of nitrogens with zero attached hydrogens (tertiary/aromatic N) is 3. The van der Waals surface area contributed by atoms with Gasteiger partial charge in [0.05, 0.1) is 0 Å². The maximum atomic E-state index is 11.9. The van der Waals surface area contributed by atoms with Crippen molar-refractivity contribution < 1.29 is 9.59 Å². The molecule has 1 aliphatic rings. The van der Waals surface area contributed by atoms with Crippen LogP contribution in [0.25, 0.3) is 0 Å². The smallest absolute Gasteiger partial charge is 0.309 e. The van der Waals surface area contributed by atoms with Gasteiger partial charge in [-0.3, -0.25) is 0 Å². The molecule has 0 radical (unpaired) electrons. The second kappa shape index (κ2) is 4.81. The quantitative estimate of drug-likeness (QED) is 0.588. The fourth-order valence-electron chi connectivity index (χ4n) is 1.67. The van der Waals surface area contributed by atoms with Crippen molar-refractivity contribution in [1.29, 1.82) is 0 Å². The van der Waals surface area contributed by atoms with E-state index in [0.717, 1.165) is 4.90 Å². The number of amides is 4. The maximum Gasteiger partial charge on any atom is 0.477 e. The summed E-state index contributed by atoms with van der Waals surface area (Å²) in [6, 6.07) is -0.785. The SMILES string of the molecule is CCN1C(=O)N(CC)[Si](Cl)(Cl)N(CC)C1=O. The standard InChI is InChI=1S/C8H15Cl2N3O2Si/c1-4-11-7(14)12(5-2)16(9,10)13(6-3)8(11)15/h4-6H2,1-3H3. The molecule has 16 heavy (non-hydrogen) atoms. The predicted molar refractivity (Wildman–Crippen MR) is 65.4 cm³/mol. The van der Waals surface area contributed by atoms with Crippen molar-refractivity contribution in [3.63, 3.8) is 0 Å². The molecule has 0 aromatic heterocycles. The van der Waals surface area contributed by atoms with Crippen molar-refractivity contribution in [2.24, 2.45) is 0 Å². The number of imide groups is 1. The third-order valence-electron chi connectivity index (χ3n) is 2.52. The molecule has 0 aromatic rings. The zero-order chi connectivity index (χ0) is 12.5. The van der Waals surface area contributed by atoms with Crippen molar-refractivity contribution in [1.82, 2.24) is 14.0 Å². The molecule has 8 heteroatoms. The van der Waals surface area contributed by atoms with Crippen LogP contribution in [0.15, 0.2) is 0 Å². The fourth-order valence-corrected chi connectivity index (χ4v) is 5.73. The van der Waals surface area contributed by atoms with Gasteiger partial charge in [0.25, 0.3) is 0 Å². The minimum absolute atomic E-state index is 0.322. The lowest BCUT2D eigenvalue weighted by atomic mass is 10.5. The van der Waals surface area contributed by atoms with Crippen LogP contribution >= 0.6 is 22.2 Å². The van der Waals surface area contributed by atoms with Crippen LogP contribution in [-0.2, 0) is 0 Å². The molecule has 0 spiro atoms. The number of carbonyl (C=O) groups excluding carboxylic acids is 2. The Bertz CT molecular complexity index is 288. The predicted octanol–water partition coefficient (Wildman–Crippen LogP) is 2.12. The van der Waals surface area contributed by atoms with E-state index in [1.807, 2.05) is 0 Å². The van der Waals surface area contributed by atoms with E-state index in [2.05, 4.69) is 0 Å². The van der Waals surface area contributed by atoms with Gasteiger partial charge in [0.2, 0.25) is 0 Å². The van der Waals surface area contributed by atoms with Gasteiger partial charge in [-0.25, -0.2) is 14.5 Å². The molecular weight excluding hydrogens is 269 g/mol. The molecule has 5 nitrogen and oxygen atoms in total. The van der Waals surface area contributed by atoms with E-state index in [1.165, 1.54) is 9.13 Å². The largest absolute Gasteiger partial charge is 0.477 e. The van der Waals surface area contributed by atoms with Crippen LogP contribution in [0.1, 0.15) is 20.8 Å². The number of hydrogen-bond donors (Lipinski definition) is 0. The summed E-state index contributed by atoms with van der Waals surface area (Å²) in [5, 5.41) is 0. The molecule has 0 atom stereocenters. The molecule has 4 amide bonds. The molecule has 0 bridgehead atoms. The topological polar surface area (TPSA) is 43.9 Å². The van der Waals surface area contributed by atoms with E-state index >= 15 is 0 Å². The number of hydrogen-bond acceptors (Lipinski definition) is 2. The van der Waals surface area contributed by atoms with Crippen LogP contribution in [0.2, 0.25) is 0 Å². The minimum Gasteiger partial charge on any atom is -0.309 e. The molecule has 1 saturated heterocycles. The summed E-state index contributed by atoms with van der Waals surface area (Å²) in [7, 11) is -3.16. The summed E-state index contributed by atoms with van der Waals surface area (Å²) in [5.41, 5.74) is 0. The van der Waals surface area contributed by atoms with E-state index in [4.69, 9.17) is 22.2 Å². The van der Waals surface area contributed by atoms with Gasteiger partial charge in [-0.05, 0) is 20.8 Å². The molecule has 0 aliphatic carbocycles. The Kier molecular flexibility index (Phi) is 4.09. The highest BCUT2D eigenvalue weighted by atomic mass is 35.7. The Balaban J connectivity index is 3.14. The third-order valence-corrected chi connectivity index (χ3v) is 7.28. The molecule has 0 unspecified atom stereocenters. The van der Waals surface area contributed by atoms with Gasteiger partial charge in [0.15, 0.2) is 0 Å². The van der Waals surface area contributed by atoms with Crippen LogP contribution in [-0.4, -0.2) is 52.7 Å². The number of rotatable bonds is 3. The van der Waals surface area contributed by atoms with E-state index in [-0.39, 0.29) is 0 Å². The molecule has 0 aromatic carbocycles. The Morgan fingerprint density at radius 2 is 1.31 bits per heavy atom. The molecule has 1 aliphatic heterocycles. The number of carbonyl (C=O) groups is 2. The average Bonchev–Trinajstić information content (AvgIpc) is 2.18. The molecular formula is C8H15Cl2N3O2Si. The van der Waals surface area contributed by atoms with Gasteiger partial charge in [0.1, 0.15) is 0 Å². The lowest BCUT2D eigenvalue weighted by Gasteiger charge is -2.46. The highest BCUT2D eigenvalue weighted by Crippen LogP contribution is 2.31. The van der Waals surface area contributed by atoms with Crippen molar-refractivity contribution in [2.75, 3.05) is 19.6 Å². The highest BCUT2D eigenvalue weighted by molar-refractivity contribution is 7.43. The van der Waals surface area contributed by atoms with Crippen LogP contribution in [0.3, 0.4) is 0 Å². The van der Waals surface area contributed by atoms with Crippen molar-refractivity contribution in [2.45, 2.75) is 20.8 Å². The molecule has 1 rings (SSSR count).